The fourth-order valence-electron chi connectivity index (χ4n) is 1.37. The molecule has 1 rings (SSSR count). The van der Waals surface area contributed by atoms with Crippen LogP contribution in [0.5, 0.6) is 0 Å². The van der Waals surface area contributed by atoms with Crippen molar-refractivity contribution in [1.29, 1.82) is 0 Å². The van der Waals surface area contributed by atoms with Crippen LogP contribution in [-0.2, 0) is 11.0 Å². The number of benzene rings is 1. The van der Waals surface area contributed by atoms with E-state index in [-0.39, 0.29) is 5.69 Å². The average Bonchev–Trinajstić information content (AvgIpc) is 2.36. The van der Waals surface area contributed by atoms with E-state index < -0.39 is 35.2 Å². The van der Waals surface area contributed by atoms with Gasteiger partial charge in [-0.05, 0) is 32.2 Å². The van der Waals surface area contributed by atoms with Gasteiger partial charge in [0.2, 0.25) is 5.91 Å². The summed E-state index contributed by atoms with van der Waals surface area (Å²) in [7, 11) is 1.51. The maximum absolute atomic E-state index is 12.7. The molecule has 1 atom stereocenters. The van der Waals surface area contributed by atoms with Crippen LogP contribution < -0.4 is 10.6 Å². The summed E-state index contributed by atoms with van der Waals surface area (Å²) >= 11 is 0. The number of hydrogen-bond donors (Lipinski definition) is 3. The highest BCUT2D eigenvalue weighted by Gasteiger charge is 2.32. The summed E-state index contributed by atoms with van der Waals surface area (Å²) in [5.41, 5.74) is -1.90. The summed E-state index contributed by atoms with van der Waals surface area (Å²) < 4.78 is 38.0. The zero-order chi connectivity index (χ0) is 15.5. The highest BCUT2D eigenvalue weighted by molar-refractivity contribution is 5.96. The largest absolute Gasteiger partial charge is 0.478 e. The molecule has 20 heavy (non-hydrogen) atoms. The summed E-state index contributed by atoms with van der Waals surface area (Å²) in [6.07, 6.45) is -4.69. The normalized spacial score (nSPS) is 12.8. The Kier molecular flexibility index (Phi) is 4.72. The predicted octanol–water partition coefficient (Wildman–Crippen LogP) is 1.95. The molecule has 3 N–H and O–H groups in total. The van der Waals surface area contributed by atoms with Crippen LogP contribution in [0.2, 0.25) is 0 Å². The van der Waals surface area contributed by atoms with Gasteiger partial charge in [0, 0.05) is 5.69 Å². The molecule has 8 heteroatoms. The quantitative estimate of drug-likeness (QED) is 0.792. The molecule has 1 aromatic carbocycles. The Morgan fingerprint density at radius 1 is 1.25 bits per heavy atom. The smallest absolute Gasteiger partial charge is 0.416 e. The molecule has 110 valence electrons. The number of nitrogens with one attached hydrogen (secondary N) is 2. The van der Waals surface area contributed by atoms with Crippen molar-refractivity contribution in [3.63, 3.8) is 0 Å². The molecule has 0 aliphatic heterocycles. The van der Waals surface area contributed by atoms with Gasteiger partial charge in [-0.25, -0.2) is 4.79 Å². The number of hydrogen-bond acceptors (Lipinski definition) is 3. The number of amides is 1. The number of carboxylic acid groups (broad SMARTS) is 1. The van der Waals surface area contributed by atoms with Crippen molar-refractivity contribution >= 4 is 17.6 Å². The first-order valence-electron chi connectivity index (χ1n) is 5.59. The molecule has 0 saturated heterocycles. The minimum Gasteiger partial charge on any atom is -0.478 e. The van der Waals surface area contributed by atoms with Gasteiger partial charge in [0.15, 0.2) is 0 Å². The van der Waals surface area contributed by atoms with Crippen LogP contribution in [-0.4, -0.2) is 30.1 Å². The Morgan fingerprint density at radius 2 is 1.85 bits per heavy atom. The van der Waals surface area contributed by atoms with E-state index >= 15 is 0 Å². The monoisotopic (exact) mass is 290 g/mol. The van der Waals surface area contributed by atoms with Gasteiger partial charge in [0.25, 0.3) is 0 Å². The second kappa shape index (κ2) is 5.91. The lowest BCUT2D eigenvalue weighted by molar-refractivity contribution is -0.137. The molecule has 0 bridgehead atoms. The molecule has 0 fully saturated rings. The van der Waals surface area contributed by atoms with E-state index in [1.807, 2.05) is 0 Å². The van der Waals surface area contributed by atoms with Gasteiger partial charge < -0.3 is 15.7 Å². The van der Waals surface area contributed by atoms with Crippen LogP contribution in [0.25, 0.3) is 0 Å². The SMILES string of the molecule is CNC(C)C(=O)Nc1cc(C(=O)O)cc(C(F)(F)F)c1. The Bertz CT molecular complexity index is 529. The molecule has 0 aliphatic carbocycles. The van der Waals surface area contributed by atoms with Gasteiger partial charge in [-0.1, -0.05) is 0 Å². The molecular formula is C12H13F3N2O3. The number of rotatable bonds is 4. The maximum Gasteiger partial charge on any atom is 0.416 e. The number of anilines is 1. The van der Waals surface area contributed by atoms with Crippen LogP contribution >= 0.6 is 0 Å². The Labute approximate surface area is 112 Å². The lowest BCUT2D eigenvalue weighted by Crippen LogP contribution is -2.35. The Balaban J connectivity index is 3.16. The van der Waals surface area contributed by atoms with Crippen LogP contribution in [0.1, 0.15) is 22.8 Å². The molecule has 5 nitrogen and oxygen atoms in total. The van der Waals surface area contributed by atoms with Crippen molar-refractivity contribution in [1.82, 2.24) is 5.32 Å². The fraction of sp³-hybridized carbons (Fsp3) is 0.333. The van der Waals surface area contributed by atoms with E-state index in [1.54, 1.807) is 0 Å². The summed E-state index contributed by atoms with van der Waals surface area (Å²) in [6, 6.07) is 1.54. The van der Waals surface area contributed by atoms with Crippen molar-refractivity contribution in [2.45, 2.75) is 19.1 Å². The Hall–Kier alpha value is -2.09. The van der Waals surface area contributed by atoms with Gasteiger partial charge >= 0.3 is 12.1 Å². The topological polar surface area (TPSA) is 78.4 Å². The van der Waals surface area contributed by atoms with Crippen molar-refractivity contribution in [2.75, 3.05) is 12.4 Å². The van der Waals surface area contributed by atoms with Crippen molar-refractivity contribution < 1.29 is 27.9 Å². The van der Waals surface area contributed by atoms with E-state index in [2.05, 4.69) is 10.6 Å². The number of alkyl halides is 3. The van der Waals surface area contributed by atoms with Crippen molar-refractivity contribution in [3.8, 4) is 0 Å². The third kappa shape index (κ3) is 3.95. The minimum absolute atomic E-state index is 0.218. The second-order valence-corrected chi connectivity index (χ2v) is 4.10. The first-order valence-corrected chi connectivity index (χ1v) is 5.59. The average molecular weight is 290 g/mol. The molecule has 0 aliphatic rings. The molecule has 1 aromatic rings. The molecule has 1 unspecified atom stereocenters. The fourth-order valence-corrected chi connectivity index (χ4v) is 1.37. The number of aromatic carboxylic acids is 1. The predicted molar refractivity (Wildman–Crippen MR) is 65.6 cm³/mol. The van der Waals surface area contributed by atoms with Gasteiger partial charge in [-0.15, -0.1) is 0 Å². The lowest BCUT2D eigenvalue weighted by atomic mass is 10.1. The van der Waals surface area contributed by atoms with Gasteiger partial charge in [-0.3, -0.25) is 4.79 Å². The van der Waals surface area contributed by atoms with E-state index in [4.69, 9.17) is 5.11 Å². The van der Waals surface area contributed by atoms with E-state index in [0.717, 1.165) is 6.07 Å². The number of carbonyl (C=O) groups excluding carboxylic acids is 1. The molecule has 0 radical (unpaired) electrons. The summed E-state index contributed by atoms with van der Waals surface area (Å²) in [4.78, 5) is 22.4. The lowest BCUT2D eigenvalue weighted by Gasteiger charge is -2.14. The van der Waals surface area contributed by atoms with E-state index in [1.165, 1.54) is 14.0 Å². The van der Waals surface area contributed by atoms with Gasteiger partial charge in [0.1, 0.15) is 0 Å². The summed E-state index contributed by atoms with van der Waals surface area (Å²) in [6.45, 7) is 1.51. The minimum atomic E-state index is -4.69. The Morgan fingerprint density at radius 3 is 2.30 bits per heavy atom. The zero-order valence-electron chi connectivity index (χ0n) is 10.7. The number of likely N-dealkylation sites (N-methyl/N-ethyl adjacent to an activating group) is 1. The number of halogens is 3. The van der Waals surface area contributed by atoms with E-state index in [0.29, 0.717) is 12.1 Å². The molecule has 0 saturated carbocycles. The number of carbonyl (C=O) groups is 2. The van der Waals surface area contributed by atoms with Crippen LogP contribution in [0, 0.1) is 0 Å². The second-order valence-electron chi connectivity index (χ2n) is 4.10. The highest BCUT2D eigenvalue weighted by atomic mass is 19.4. The van der Waals surface area contributed by atoms with Crippen LogP contribution in [0.4, 0.5) is 18.9 Å². The summed E-state index contributed by atoms with van der Waals surface area (Å²) in [5.74, 6) is -2.07. The third-order valence-corrected chi connectivity index (χ3v) is 2.60. The molecule has 0 heterocycles. The van der Waals surface area contributed by atoms with Crippen molar-refractivity contribution in [2.24, 2.45) is 0 Å². The summed E-state index contributed by atoms with van der Waals surface area (Å²) in [5, 5.41) is 13.6. The van der Waals surface area contributed by atoms with Gasteiger partial charge in [-0.2, -0.15) is 13.2 Å². The van der Waals surface area contributed by atoms with E-state index in [9.17, 15) is 22.8 Å². The van der Waals surface area contributed by atoms with Crippen LogP contribution in [0.3, 0.4) is 0 Å². The molecule has 1 amide bonds. The van der Waals surface area contributed by atoms with Gasteiger partial charge in [0.05, 0.1) is 17.2 Å². The maximum atomic E-state index is 12.7. The molecule has 0 spiro atoms. The molecular weight excluding hydrogens is 277 g/mol. The highest BCUT2D eigenvalue weighted by Crippen LogP contribution is 2.32. The zero-order valence-corrected chi connectivity index (χ0v) is 10.7. The molecule has 0 aromatic heterocycles. The standard InChI is InChI=1S/C12H13F3N2O3/c1-6(16-2)10(18)17-9-4-7(11(19)20)3-8(5-9)12(13,14)15/h3-6,16H,1-2H3,(H,17,18)(H,19,20). The van der Waals surface area contributed by atoms with Crippen LogP contribution in [0.15, 0.2) is 18.2 Å². The number of carboxylic acids is 1. The first kappa shape index (κ1) is 16.0. The third-order valence-electron chi connectivity index (χ3n) is 2.60. The first-order chi connectivity index (χ1) is 9.15. The van der Waals surface area contributed by atoms with Crippen molar-refractivity contribution in [3.05, 3.63) is 29.3 Å².